The van der Waals surface area contributed by atoms with Crippen LogP contribution in [-0.2, 0) is 19.4 Å². The molecule has 3 aromatic rings. The van der Waals surface area contributed by atoms with E-state index in [0.717, 1.165) is 25.7 Å². The maximum absolute atomic E-state index is 12.5. The number of carbonyl (C=O) groups is 2. The summed E-state index contributed by atoms with van der Waals surface area (Å²) in [6.07, 6.45) is 5.89. The number of aromatic nitrogens is 2. The lowest BCUT2D eigenvalue weighted by Gasteiger charge is -2.09. The summed E-state index contributed by atoms with van der Waals surface area (Å²) in [5.41, 5.74) is 6.62. The summed E-state index contributed by atoms with van der Waals surface area (Å²) in [6.45, 7) is 3.92. The Hall–Kier alpha value is -3.04. The number of fused-ring (bicyclic) bond motifs is 2. The van der Waals surface area contributed by atoms with E-state index in [0.29, 0.717) is 27.9 Å². The molecule has 1 aliphatic carbocycles. The lowest BCUT2D eigenvalue weighted by atomic mass is 9.99. The third-order valence-corrected chi connectivity index (χ3v) is 6.62. The number of hydrogen-bond donors (Lipinski definition) is 3. The van der Waals surface area contributed by atoms with Crippen LogP contribution in [0.15, 0.2) is 41.7 Å². The molecule has 1 aromatic carbocycles. The molecular weight excluding hydrogens is 420 g/mol. The fourth-order valence-corrected chi connectivity index (χ4v) is 4.96. The van der Waals surface area contributed by atoms with Crippen LogP contribution in [-0.4, -0.2) is 21.4 Å². The molecule has 2 amide bonds. The number of hydrazine groups is 1. The van der Waals surface area contributed by atoms with Crippen LogP contribution >= 0.6 is 23.6 Å². The van der Waals surface area contributed by atoms with Crippen molar-refractivity contribution in [2.45, 2.75) is 32.2 Å². The quantitative estimate of drug-likeness (QED) is 0.330. The van der Waals surface area contributed by atoms with Gasteiger partial charge in [-0.25, -0.2) is 0 Å². The summed E-state index contributed by atoms with van der Waals surface area (Å²) >= 11 is 6.70. The number of allylic oxidation sites excluding steroid dienone is 1. The number of amides is 2. The molecule has 2 aromatic heterocycles. The normalized spacial score (nSPS) is 12.9. The summed E-state index contributed by atoms with van der Waals surface area (Å²) < 4.78 is 1.64. The fourth-order valence-electron chi connectivity index (χ4n) is 3.54. The Labute approximate surface area is 181 Å². The topological polar surface area (TPSA) is 96.0 Å². The first-order valence-corrected chi connectivity index (χ1v) is 10.8. The van der Waals surface area contributed by atoms with Crippen molar-refractivity contribution in [1.82, 2.24) is 20.4 Å². The van der Waals surface area contributed by atoms with Gasteiger partial charge in [-0.15, -0.1) is 17.9 Å². The van der Waals surface area contributed by atoms with Crippen molar-refractivity contribution in [3.05, 3.63) is 72.9 Å². The van der Waals surface area contributed by atoms with Crippen molar-refractivity contribution >= 4 is 46.3 Å². The van der Waals surface area contributed by atoms with Gasteiger partial charge in [0, 0.05) is 17.0 Å². The largest absolute Gasteiger partial charge is 0.332 e. The maximum atomic E-state index is 12.5. The molecule has 1 aliphatic rings. The highest BCUT2D eigenvalue weighted by molar-refractivity contribution is 7.71. The number of H-pyrrole nitrogens is 1. The number of hydrogen-bond acceptors (Lipinski definition) is 5. The summed E-state index contributed by atoms with van der Waals surface area (Å²) in [5, 5.41) is 0.412. The molecule has 2 heterocycles. The number of nitrogens with one attached hydrogen (secondary N) is 3. The second kappa shape index (κ2) is 8.37. The predicted octanol–water partition coefficient (Wildman–Crippen LogP) is 3.26. The first-order chi connectivity index (χ1) is 14.5. The van der Waals surface area contributed by atoms with Gasteiger partial charge in [-0.2, -0.15) is 0 Å². The van der Waals surface area contributed by atoms with E-state index < -0.39 is 5.91 Å². The van der Waals surface area contributed by atoms with Crippen molar-refractivity contribution < 1.29 is 9.59 Å². The highest BCUT2D eigenvalue weighted by atomic mass is 32.1. The van der Waals surface area contributed by atoms with Crippen LogP contribution in [0, 0.1) is 4.77 Å². The van der Waals surface area contributed by atoms with Gasteiger partial charge in [-0.05, 0) is 67.7 Å². The van der Waals surface area contributed by atoms with E-state index in [1.807, 2.05) is 6.07 Å². The number of nitrogens with zero attached hydrogens (tertiary/aromatic N) is 1. The highest BCUT2D eigenvalue weighted by Gasteiger charge is 2.18. The molecule has 0 bridgehead atoms. The van der Waals surface area contributed by atoms with Crippen molar-refractivity contribution in [3.63, 3.8) is 0 Å². The van der Waals surface area contributed by atoms with Crippen molar-refractivity contribution in [2.75, 3.05) is 0 Å². The average Bonchev–Trinajstić information content (AvgIpc) is 3.18. The van der Waals surface area contributed by atoms with Gasteiger partial charge in [0.1, 0.15) is 0 Å². The van der Waals surface area contributed by atoms with Crippen molar-refractivity contribution in [2.24, 2.45) is 0 Å². The number of benzene rings is 1. The third-order valence-electron chi connectivity index (χ3n) is 5.07. The summed E-state index contributed by atoms with van der Waals surface area (Å²) in [7, 11) is 0. The van der Waals surface area contributed by atoms with Crippen LogP contribution < -0.4 is 16.4 Å². The minimum Gasteiger partial charge on any atom is -0.332 e. The molecule has 0 atom stereocenters. The number of aromatic amines is 1. The van der Waals surface area contributed by atoms with Crippen LogP contribution in [0.2, 0.25) is 0 Å². The second-order valence-corrected chi connectivity index (χ2v) is 8.59. The Morgan fingerprint density at radius 2 is 1.97 bits per heavy atom. The molecule has 3 N–H and O–H groups in total. The molecule has 0 saturated heterocycles. The van der Waals surface area contributed by atoms with E-state index in [-0.39, 0.29) is 16.2 Å². The average molecular weight is 441 g/mol. The minimum absolute atomic E-state index is 0.250. The van der Waals surface area contributed by atoms with E-state index in [2.05, 4.69) is 22.4 Å². The fraction of sp³-hybridized carbons (Fsp3) is 0.238. The zero-order chi connectivity index (χ0) is 21.3. The van der Waals surface area contributed by atoms with Crippen molar-refractivity contribution in [3.8, 4) is 0 Å². The van der Waals surface area contributed by atoms with Gasteiger partial charge in [-0.3, -0.25) is 29.8 Å². The van der Waals surface area contributed by atoms with Crippen LogP contribution in [0.5, 0.6) is 0 Å². The first kappa shape index (κ1) is 20.2. The molecular formula is C21H20N4O3S2. The second-order valence-electron chi connectivity index (χ2n) is 7.07. The van der Waals surface area contributed by atoms with Gasteiger partial charge >= 0.3 is 0 Å². The molecule has 7 nitrogen and oxygen atoms in total. The van der Waals surface area contributed by atoms with Gasteiger partial charge in [0.05, 0.1) is 15.8 Å². The van der Waals surface area contributed by atoms with Crippen LogP contribution in [0.4, 0.5) is 0 Å². The molecule has 30 heavy (non-hydrogen) atoms. The van der Waals surface area contributed by atoms with Crippen LogP contribution in [0.1, 0.15) is 43.3 Å². The lowest BCUT2D eigenvalue weighted by molar-refractivity contribution is 0.0849. The van der Waals surface area contributed by atoms with Crippen LogP contribution in [0.3, 0.4) is 0 Å². The van der Waals surface area contributed by atoms with E-state index >= 15 is 0 Å². The van der Waals surface area contributed by atoms with Gasteiger partial charge in [-0.1, -0.05) is 6.08 Å². The zero-order valence-corrected chi connectivity index (χ0v) is 17.8. The zero-order valence-electron chi connectivity index (χ0n) is 16.1. The van der Waals surface area contributed by atoms with Crippen molar-refractivity contribution in [1.29, 1.82) is 0 Å². The SMILES string of the molecule is C=CCn1c(=S)[nH]c2cc(C(=O)NNC(=O)c3cc4c(s3)CCCC4)ccc2c1=O. The monoisotopic (exact) mass is 440 g/mol. The van der Waals surface area contributed by atoms with Crippen LogP contribution in [0.25, 0.3) is 10.9 Å². The molecule has 9 heteroatoms. The van der Waals surface area contributed by atoms with Gasteiger partial charge in [0.2, 0.25) is 0 Å². The van der Waals surface area contributed by atoms with E-state index in [1.54, 1.807) is 12.1 Å². The van der Waals surface area contributed by atoms with E-state index in [1.165, 1.54) is 38.5 Å². The number of rotatable bonds is 4. The summed E-state index contributed by atoms with van der Waals surface area (Å²) in [6, 6.07) is 6.54. The molecule has 0 aliphatic heterocycles. The Balaban J connectivity index is 1.50. The molecule has 0 radical (unpaired) electrons. The Kier molecular flexibility index (Phi) is 5.65. The molecule has 4 rings (SSSR count). The summed E-state index contributed by atoms with van der Waals surface area (Å²) in [4.78, 5) is 42.3. The van der Waals surface area contributed by atoms with E-state index in [4.69, 9.17) is 12.2 Å². The van der Waals surface area contributed by atoms with Gasteiger partial charge in [0.15, 0.2) is 4.77 Å². The third kappa shape index (κ3) is 3.86. The molecule has 154 valence electrons. The number of thiophene rings is 1. The Bertz CT molecular complexity index is 1260. The smallest absolute Gasteiger partial charge is 0.279 e. The van der Waals surface area contributed by atoms with Gasteiger partial charge < -0.3 is 4.98 Å². The lowest BCUT2D eigenvalue weighted by Crippen LogP contribution is -2.41. The standard InChI is InChI=1S/C21H20N4O3S2/c1-2-9-25-20(28)14-8-7-13(10-15(14)22-21(25)29)18(26)23-24-19(27)17-11-12-5-3-4-6-16(12)30-17/h2,7-8,10-11H,1,3-6,9H2,(H,22,29)(H,23,26)(H,24,27). The first-order valence-electron chi connectivity index (χ1n) is 9.58. The maximum Gasteiger partial charge on any atom is 0.279 e. The molecule has 0 saturated carbocycles. The highest BCUT2D eigenvalue weighted by Crippen LogP contribution is 2.29. The van der Waals surface area contributed by atoms with E-state index in [9.17, 15) is 14.4 Å². The molecule has 0 fully saturated rings. The predicted molar refractivity (Wildman–Crippen MR) is 119 cm³/mol. The number of aryl methyl sites for hydroxylation is 2. The Morgan fingerprint density at radius 3 is 2.73 bits per heavy atom. The van der Waals surface area contributed by atoms with Gasteiger partial charge in [0.25, 0.3) is 17.4 Å². The molecule has 0 spiro atoms. The summed E-state index contributed by atoms with van der Waals surface area (Å²) in [5.74, 6) is -0.823. The minimum atomic E-state index is -0.485. The number of carbonyl (C=O) groups excluding carboxylic acids is 2. The molecule has 0 unspecified atom stereocenters. The Morgan fingerprint density at radius 1 is 1.20 bits per heavy atom.